The van der Waals surface area contributed by atoms with Crippen molar-refractivity contribution in [3.05, 3.63) is 35.8 Å². The molecule has 3 aromatic rings. The first-order valence-electron chi connectivity index (χ1n) is 8.34. The largest absolute Gasteiger partial charge is 0.327 e. The van der Waals surface area contributed by atoms with Gasteiger partial charge in [0, 0.05) is 18.4 Å². The first kappa shape index (κ1) is 15.0. The smallest absolute Gasteiger partial charge is 0.109 e. The molecule has 3 rings (SSSR count). The van der Waals surface area contributed by atoms with Gasteiger partial charge in [-0.2, -0.15) is 0 Å². The van der Waals surface area contributed by atoms with Crippen LogP contribution < -0.4 is 0 Å². The summed E-state index contributed by atoms with van der Waals surface area (Å²) >= 11 is 0. The Morgan fingerprint density at radius 1 is 1.18 bits per heavy atom. The molecule has 0 amide bonds. The summed E-state index contributed by atoms with van der Waals surface area (Å²) in [4.78, 5) is 9.48. The van der Waals surface area contributed by atoms with Crippen molar-refractivity contribution in [2.75, 3.05) is 0 Å². The van der Waals surface area contributed by atoms with Crippen LogP contribution in [0.25, 0.3) is 21.9 Å². The molecule has 0 unspecified atom stereocenters. The van der Waals surface area contributed by atoms with Crippen molar-refractivity contribution in [2.45, 2.75) is 53.5 Å². The minimum absolute atomic E-state index is 0.603. The number of hydrogen-bond donors (Lipinski definition) is 0. The number of imidazole rings is 1. The number of fused-ring (bicyclic) bond motifs is 3. The van der Waals surface area contributed by atoms with Crippen molar-refractivity contribution >= 4 is 21.9 Å². The normalized spacial score (nSPS) is 11.9. The summed E-state index contributed by atoms with van der Waals surface area (Å²) in [7, 11) is 0. The van der Waals surface area contributed by atoms with Gasteiger partial charge in [0.1, 0.15) is 11.3 Å². The first-order chi connectivity index (χ1) is 10.6. The number of nitrogens with zero attached hydrogens (tertiary/aromatic N) is 3. The van der Waals surface area contributed by atoms with Crippen molar-refractivity contribution in [2.24, 2.45) is 5.92 Å². The zero-order valence-corrected chi connectivity index (χ0v) is 14.1. The van der Waals surface area contributed by atoms with E-state index in [0.717, 1.165) is 24.0 Å². The van der Waals surface area contributed by atoms with Gasteiger partial charge in [-0.3, -0.25) is 4.98 Å². The monoisotopic (exact) mass is 295 g/mol. The third-order valence-electron chi connectivity index (χ3n) is 4.11. The van der Waals surface area contributed by atoms with Crippen molar-refractivity contribution in [1.82, 2.24) is 14.5 Å². The Hall–Kier alpha value is -1.90. The van der Waals surface area contributed by atoms with Gasteiger partial charge in [-0.15, -0.1) is 0 Å². The number of pyridine rings is 1. The molecular formula is C19H25N3. The van der Waals surface area contributed by atoms with Crippen LogP contribution in [0.3, 0.4) is 0 Å². The minimum atomic E-state index is 0.603. The molecule has 0 spiro atoms. The molecule has 0 aliphatic carbocycles. The molecular weight excluding hydrogens is 270 g/mol. The topological polar surface area (TPSA) is 30.7 Å². The van der Waals surface area contributed by atoms with E-state index in [1.165, 1.54) is 35.1 Å². The fourth-order valence-electron chi connectivity index (χ4n) is 3.06. The molecule has 0 fully saturated rings. The minimum Gasteiger partial charge on any atom is -0.327 e. The summed E-state index contributed by atoms with van der Waals surface area (Å²) in [5.74, 6) is 1.81. The van der Waals surface area contributed by atoms with Gasteiger partial charge < -0.3 is 4.57 Å². The molecule has 0 radical (unpaired) electrons. The van der Waals surface area contributed by atoms with Crippen molar-refractivity contribution < 1.29 is 0 Å². The van der Waals surface area contributed by atoms with E-state index in [1.807, 2.05) is 6.20 Å². The van der Waals surface area contributed by atoms with Crippen LogP contribution in [0.1, 0.15) is 45.0 Å². The molecule has 22 heavy (non-hydrogen) atoms. The van der Waals surface area contributed by atoms with Crippen LogP contribution >= 0.6 is 0 Å². The highest BCUT2D eigenvalue weighted by Gasteiger charge is 2.15. The number of aromatic nitrogens is 3. The van der Waals surface area contributed by atoms with Gasteiger partial charge in [0.05, 0.1) is 17.2 Å². The molecule has 0 bridgehead atoms. The van der Waals surface area contributed by atoms with Gasteiger partial charge in [-0.1, -0.05) is 39.3 Å². The Bertz CT molecular complexity index is 799. The predicted octanol–water partition coefficient (Wildman–Crippen LogP) is 4.89. The molecule has 2 aromatic heterocycles. The molecule has 2 heterocycles. The lowest BCUT2D eigenvalue weighted by Gasteiger charge is -2.13. The summed E-state index contributed by atoms with van der Waals surface area (Å²) in [6.45, 7) is 9.90. The maximum absolute atomic E-state index is 4.88. The van der Waals surface area contributed by atoms with Crippen molar-refractivity contribution in [3.8, 4) is 0 Å². The van der Waals surface area contributed by atoms with Gasteiger partial charge >= 0.3 is 0 Å². The van der Waals surface area contributed by atoms with E-state index in [4.69, 9.17) is 4.98 Å². The molecule has 0 aliphatic rings. The summed E-state index contributed by atoms with van der Waals surface area (Å²) in [6, 6.07) is 6.52. The van der Waals surface area contributed by atoms with E-state index >= 15 is 0 Å². The fraction of sp³-hybridized carbons (Fsp3) is 0.474. The summed E-state index contributed by atoms with van der Waals surface area (Å²) < 4.78 is 2.43. The molecule has 0 aliphatic heterocycles. The molecule has 0 saturated carbocycles. The standard InChI is InChI=1S/C19H25N3/c1-5-6-7-18-21-17-11-20-16-10-14(4)8-9-15(16)19(17)22(18)12-13(2)3/h8-11,13H,5-7,12H2,1-4H3. The molecule has 0 saturated heterocycles. The summed E-state index contributed by atoms with van der Waals surface area (Å²) in [5, 5.41) is 1.22. The van der Waals surface area contributed by atoms with E-state index in [0.29, 0.717) is 5.92 Å². The van der Waals surface area contributed by atoms with E-state index in [-0.39, 0.29) is 0 Å². The van der Waals surface area contributed by atoms with Crippen LogP contribution in [-0.2, 0) is 13.0 Å². The maximum Gasteiger partial charge on any atom is 0.109 e. The lowest BCUT2D eigenvalue weighted by Crippen LogP contribution is -2.09. The molecule has 0 atom stereocenters. The highest BCUT2D eigenvalue weighted by Crippen LogP contribution is 2.27. The van der Waals surface area contributed by atoms with E-state index in [9.17, 15) is 0 Å². The van der Waals surface area contributed by atoms with Gasteiger partial charge in [0.15, 0.2) is 0 Å². The second-order valence-electron chi connectivity index (χ2n) is 6.65. The highest BCUT2D eigenvalue weighted by atomic mass is 15.1. The lowest BCUT2D eigenvalue weighted by molar-refractivity contribution is 0.513. The Kier molecular flexibility index (Phi) is 4.14. The molecule has 3 heteroatoms. The van der Waals surface area contributed by atoms with Crippen LogP contribution in [0.2, 0.25) is 0 Å². The Balaban J connectivity index is 2.26. The van der Waals surface area contributed by atoms with E-state index < -0.39 is 0 Å². The Morgan fingerprint density at radius 2 is 2.00 bits per heavy atom. The second-order valence-corrected chi connectivity index (χ2v) is 6.65. The van der Waals surface area contributed by atoms with Crippen LogP contribution in [0, 0.1) is 12.8 Å². The number of benzene rings is 1. The van der Waals surface area contributed by atoms with Crippen LogP contribution in [0.4, 0.5) is 0 Å². The van der Waals surface area contributed by atoms with Crippen molar-refractivity contribution in [1.29, 1.82) is 0 Å². The SMILES string of the molecule is CCCCc1nc2cnc3cc(C)ccc3c2n1CC(C)C. The van der Waals surface area contributed by atoms with Gasteiger partial charge in [0.25, 0.3) is 0 Å². The average Bonchev–Trinajstić information content (AvgIpc) is 2.82. The average molecular weight is 295 g/mol. The quantitative estimate of drug-likeness (QED) is 0.671. The number of hydrogen-bond acceptors (Lipinski definition) is 2. The highest BCUT2D eigenvalue weighted by molar-refractivity contribution is 6.02. The maximum atomic E-state index is 4.88. The van der Waals surface area contributed by atoms with Crippen LogP contribution in [0.5, 0.6) is 0 Å². The third kappa shape index (κ3) is 2.72. The third-order valence-corrected chi connectivity index (χ3v) is 4.11. The molecule has 0 N–H and O–H groups in total. The van der Waals surface area contributed by atoms with E-state index in [2.05, 4.69) is 55.4 Å². The lowest BCUT2D eigenvalue weighted by atomic mass is 10.1. The summed E-state index contributed by atoms with van der Waals surface area (Å²) in [5.41, 5.74) is 4.60. The van der Waals surface area contributed by atoms with Crippen molar-refractivity contribution in [3.63, 3.8) is 0 Å². The van der Waals surface area contributed by atoms with Gasteiger partial charge in [-0.25, -0.2) is 4.98 Å². The number of aryl methyl sites for hydroxylation is 2. The Labute approximate surface area is 132 Å². The van der Waals surface area contributed by atoms with E-state index in [1.54, 1.807) is 0 Å². The number of rotatable bonds is 5. The fourth-order valence-corrected chi connectivity index (χ4v) is 3.06. The molecule has 3 nitrogen and oxygen atoms in total. The zero-order chi connectivity index (χ0) is 15.7. The molecule has 116 valence electrons. The van der Waals surface area contributed by atoms with Gasteiger partial charge in [0.2, 0.25) is 0 Å². The first-order valence-corrected chi connectivity index (χ1v) is 8.34. The predicted molar refractivity (Wildman–Crippen MR) is 93.2 cm³/mol. The van der Waals surface area contributed by atoms with Gasteiger partial charge in [-0.05, 0) is 30.9 Å². The summed E-state index contributed by atoms with van der Waals surface area (Å²) in [6.07, 6.45) is 5.36. The van der Waals surface area contributed by atoms with Crippen LogP contribution in [0.15, 0.2) is 24.4 Å². The van der Waals surface area contributed by atoms with Crippen LogP contribution in [-0.4, -0.2) is 14.5 Å². The number of unbranched alkanes of at least 4 members (excludes halogenated alkanes) is 1. The zero-order valence-electron chi connectivity index (χ0n) is 14.1. The second kappa shape index (κ2) is 6.07. The Morgan fingerprint density at radius 3 is 2.73 bits per heavy atom. The molecule has 1 aromatic carbocycles.